The van der Waals surface area contributed by atoms with Crippen molar-refractivity contribution < 1.29 is 4.79 Å². The molecule has 0 radical (unpaired) electrons. The van der Waals surface area contributed by atoms with Crippen LogP contribution >= 0.6 is 0 Å². The summed E-state index contributed by atoms with van der Waals surface area (Å²) in [5.41, 5.74) is -0.0879. The van der Waals surface area contributed by atoms with E-state index in [2.05, 4.69) is 20.2 Å². The molecule has 1 amide bonds. The predicted octanol–water partition coefficient (Wildman–Crippen LogP) is 0.918. The Morgan fingerprint density at radius 2 is 2.05 bits per heavy atom. The zero-order valence-corrected chi connectivity index (χ0v) is 11.3. The number of rotatable bonds is 3. The van der Waals surface area contributed by atoms with Crippen LogP contribution in [-0.4, -0.2) is 38.0 Å². The third kappa shape index (κ3) is 2.40. The van der Waals surface area contributed by atoms with E-state index in [-0.39, 0.29) is 17.2 Å². The van der Waals surface area contributed by atoms with Crippen molar-refractivity contribution in [2.24, 2.45) is 0 Å². The van der Waals surface area contributed by atoms with Crippen LogP contribution in [0, 0.1) is 0 Å². The molecule has 0 atom stereocenters. The Labute approximate surface area is 119 Å². The lowest BCUT2D eigenvalue weighted by Crippen LogP contribution is -2.29. The molecule has 3 aromatic rings. The largest absolute Gasteiger partial charge is 0.347 e. The van der Waals surface area contributed by atoms with Gasteiger partial charge in [-0.05, 0) is 6.07 Å². The maximum absolute atomic E-state index is 12.5. The molecule has 2 N–H and O–H groups in total. The summed E-state index contributed by atoms with van der Waals surface area (Å²) in [5.74, 6) is 0.401. The standard InChI is InChI=1S/C14H13N5O2/c1-19(8-11-15-6-7-16-11)14(21)12-9-4-2-3-5-10(9)13(20)18-17-12/h2-7H,8H2,1H3,(H,15,16)(H,18,20). The van der Waals surface area contributed by atoms with Gasteiger partial charge in [-0.2, -0.15) is 5.10 Å². The van der Waals surface area contributed by atoms with E-state index in [1.165, 1.54) is 4.90 Å². The van der Waals surface area contributed by atoms with Gasteiger partial charge in [-0.1, -0.05) is 18.2 Å². The molecule has 7 nitrogen and oxygen atoms in total. The van der Waals surface area contributed by atoms with E-state index in [0.717, 1.165) is 0 Å². The van der Waals surface area contributed by atoms with Crippen molar-refractivity contribution in [2.75, 3.05) is 7.05 Å². The van der Waals surface area contributed by atoms with Gasteiger partial charge in [0.1, 0.15) is 5.82 Å². The number of hydrogen-bond acceptors (Lipinski definition) is 4. The fourth-order valence-corrected chi connectivity index (χ4v) is 2.14. The first-order chi connectivity index (χ1) is 10.2. The Kier molecular flexibility index (Phi) is 3.23. The van der Waals surface area contributed by atoms with Crippen molar-refractivity contribution >= 4 is 16.7 Å². The van der Waals surface area contributed by atoms with Crippen LogP contribution in [0.2, 0.25) is 0 Å². The zero-order valence-electron chi connectivity index (χ0n) is 11.3. The molecule has 0 fully saturated rings. The second-order valence-corrected chi connectivity index (χ2v) is 4.64. The van der Waals surface area contributed by atoms with Gasteiger partial charge < -0.3 is 9.88 Å². The maximum Gasteiger partial charge on any atom is 0.275 e. The van der Waals surface area contributed by atoms with Crippen LogP contribution in [0.3, 0.4) is 0 Å². The van der Waals surface area contributed by atoms with Gasteiger partial charge in [-0.15, -0.1) is 0 Å². The summed E-state index contributed by atoms with van der Waals surface area (Å²) in [5, 5.41) is 7.24. The number of imidazole rings is 1. The third-order valence-corrected chi connectivity index (χ3v) is 3.19. The van der Waals surface area contributed by atoms with Gasteiger partial charge in [0.15, 0.2) is 5.69 Å². The fraction of sp³-hybridized carbons (Fsp3) is 0.143. The van der Waals surface area contributed by atoms with Crippen LogP contribution in [0.4, 0.5) is 0 Å². The van der Waals surface area contributed by atoms with Crippen molar-refractivity contribution in [3.8, 4) is 0 Å². The lowest BCUT2D eigenvalue weighted by Gasteiger charge is -2.15. The summed E-state index contributed by atoms with van der Waals surface area (Å²) >= 11 is 0. The molecule has 106 valence electrons. The Balaban J connectivity index is 1.98. The molecule has 0 saturated carbocycles. The average molecular weight is 283 g/mol. The fourth-order valence-electron chi connectivity index (χ4n) is 2.14. The number of benzene rings is 1. The molecule has 2 heterocycles. The zero-order chi connectivity index (χ0) is 14.8. The van der Waals surface area contributed by atoms with Crippen LogP contribution in [-0.2, 0) is 6.54 Å². The van der Waals surface area contributed by atoms with E-state index < -0.39 is 0 Å². The molecular weight excluding hydrogens is 270 g/mol. The molecule has 0 aliphatic carbocycles. The monoisotopic (exact) mass is 283 g/mol. The summed E-state index contributed by atoms with van der Waals surface area (Å²) in [6, 6.07) is 6.90. The van der Waals surface area contributed by atoms with Gasteiger partial charge in [0, 0.05) is 24.8 Å². The Morgan fingerprint density at radius 3 is 2.76 bits per heavy atom. The van der Waals surface area contributed by atoms with Crippen LogP contribution in [0.15, 0.2) is 41.5 Å². The van der Waals surface area contributed by atoms with Crippen LogP contribution < -0.4 is 5.56 Å². The van der Waals surface area contributed by atoms with E-state index in [0.29, 0.717) is 23.1 Å². The highest BCUT2D eigenvalue weighted by Crippen LogP contribution is 2.14. The minimum absolute atomic E-state index is 0.222. The molecule has 7 heteroatoms. The maximum atomic E-state index is 12.5. The van der Waals surface area contributed by atoms with Crippen LogP contribution in [0.5, 0.6) is 0 Å². The van der Waals surface area contributed by atoms with Gasteiger partial charge in [0.05, 0.1) is 11.9 Å². The number of hydrogen-bond donors (Lipinski definition) is 2. The number of fused-ring (bicyclic) bond motifs is 1. The smallest absolute Gasteiger partial charge is 0.275 e. The summed E-state index contributed by atoms with van der Waals surface area (Å²) in [7, 11) is 1.66. The number of carbonyl (C=O) groups is 1. The first kappa shape index (κ1) is 13.0. The molecule has 0 bridgehead atoms. The molecule has 2 aromatic heterocycles. The van der Waals surface area contributed by atoms with E-state index in [1.807, 2.05) is 0 Å². The number of nitrogens with one attached hydrogen (secondary N) is 2. The first-order valence-electron chi connectivity index (χ1n) is 6.38. The van der Waals surface area contributed by atoms with Gasteiger partial charge in [-0.3, -0.25) is 9.59 Å². The Hall–Kier alpha value is -2.96. The topological polar surface area (TPSA) is 94.7 Å². The van der Waals surface area contributed by atoms with Crippen molar-refractivity contribution in [2.45, 2.75) is 6.54 Å². The predicted molar refractivity (Wildman–Crippen MR) is 76.7 cm³/mol. The number of aromatic amines is 2. The van der Waals surface area contributed by atoms with Gasteiger partial charge in [0.25, 0.3) is 11.5 Å². The highest BCUT2D eigenvalue weighted by Gasteiger charge is 2.18. The SMILES string of the molecule is CN(Cc1ncc[nH]1)C(=O)c1n[nH]c(=O)c2ccccc12. The minimum atomic E-state index is -0.309. The second kappa shape index (κ2) is 5.20. The molecule has 21 heavy (non-hydrogen) atoms. The highest BCUT2D eigenvalue weighted by molar-refractivity contribution is 6.04. The lowest BCUT2D eigenvalue weighted by atomic mass is 10.1. The van der Waals surface area contributed by atoms with Crippen LogP contribution in [0.25, 0.3) is 10.8 Å². The number of amides is 1. The molecule has 0 aliphatic heterocycles. The van der Waals surface area contributed by atoms with Crippen molar-refractivity contribution in [1.29, 1.82) is 0 Å². The highest BCUT2D eigenvalue weighted by atomic mass is 16.2. The summed E-state index contributed by atoms with van der Waals surface area (Å²) in [4.78, 5) is 32.7. The normalized spacial score (nSPS) is 10.7. The quantitative estimate of drug-likeness (QED) is 0.747. The second-order valence-electron chi connectivity index (χ2n) is 4.64. The minimum Gasteiger partial charge on any atom is -0.347 e. The molecule has 0 spiro atoms. The van der Waals surface area contributed by atoms with E-state index >= 15 is 0 Å². The molecule has 1 aromatic carbocycles. The van der Waals surface area contributed by atoms with E-state index in [4.69, 9.17) is 0 Å². The lowest BCUT2D eigenvalue weighted by molar-refractivity contribution is 0.0777. The number of carbonyl (C=O) groups excluding carboxylic acids is 1. The summed E-state index contributed by atoms with van der Waals surface area (Å²) in [6.07, 6.45) is 3.32. The van der Waals surface area contributed by atoms with Crippen molar-refractivity contribution in [1.82, 2.24) is 25.1 Å². The molecule has 0 unspecified atom stereocenters. The van der Waals surface area contributed by atoms with E-state index in [9.17, 15) is 9.59 Å². The van der Waals surface area contributed by atoms with Crippen molar-refractivity contribution in [3.05, 3.63) is 58.5 Å². The van der Waals surface area contributed by atoms with Crippen molar-refractivity contribution in [3.63, 3.8) is 0 Å². The summed E-state index contributed by atoms with van der Waals surface area (Å²) < 4.78 is 0. The number of H-pyrrole nitrogens is 2. The average Bonchev–Trinajstić information content (AvgIpc) is 3.00. The number of aromatic nitrogens is 4. The van der Waals surface area contributed by atoms with E-state index in [1.54, 1.807) is 43.7 Å². The third-order valence-electron chi connectivity index (χ3n) is 3.19. The molecule has 3 rings (SSSR count). The van der Waals surface area contributed by atoms with Crippen LogP contribution in [0.1, 0.15) is 16.3 Å². The number of nitrogens with zero attached hydrogens (tertiary/aromatic N) is 3. The Bertz CT molecular complexity index is 838. The van der Waals surface area contributed by atoms with Gasteiger partial charge in [-0.25, -0.2) is 10.1 Å². The summed E-state index contributed by atoms with van der Waals surface area (Å²) in [6.45, 7) is 0.334. The molecule has 0 saturated heterocycles. The molecule has 0 aliphatic rings. The van der Waals surface area contributed by atoms with Gasteiger partial charge in [0.2, 0.25) is 0 Å². The first-order valence-corrected chi connectivity index (χ1v) is 6.38. The van der Waals surface area contributed by atoms with Gasteiger partial charge >= 0.3 is 0 Å². The molecular formula is C14H13N5O2. The Morgan fingerprint density at radius 1 is 1.29 bits per heavy atom.